The summed E-state index contributed by atoms with van der Waals surface area (Å²) in [5.41, 5.74) is 3.58. The standard InChI is InChI=1S/C23H20FN5O/c24-20-15-26-22(16-3-6-19(7-4-16)29-10-12-30-13-11-29)28-23(20)27-18-5-8-21-17(14-18)2-1-9-25-21/h1-9,14-15H,10-13H2,(H,26,27,28). The van der Waals surface area contributed by atoms with E-state index in [9.17, 15) is 4.39 Å². The Morgan fingerprint density at radius 3 is 2.63 bits per heavy atom. The first-order valence-corrected chi connectivity index (χ1v) is 9.84. The van der Waals surface area contributed by atoms with Gasteiger partial charge in [-0.15, -0.1) is 0 Å². The van der Waals surface area contributed by atoms with Crippen molar-refractivity contribution in [2.45, 2.75) is 0 Å². The molecule has 1 fully saturated rings. The second kappa shape index (κ2) is 8.04. The monoisotopic (exact) mass is 401 g/mol. The summed E-state index contributed by atoms with van der Waals surface area (Å²) >= 11 is 0. The van der Waals surface area contributed by atoms with E-state index in [1.807, 2.05) is 54.6 Å². The van der Waals surface area contributed by atoms with Crippen molar-refractivity contribution in [1.29, 1.82) is 0 Å². The lowest BCUT2D eigenvalue weighted by Gasteiger charge is -2.28. The highest BCUT2D eigenvalue weighted by Gasteiger charge is 2.13. The highest BCUT2D eigenvalue weighted by molar-refractivity contribution is 5.83. The molecule has 2 aromatic carbocycles. The van der Waals surface area contributed by atoms with Gasteiger partial charge in [-0.1, -0.05) is 6.07 Å². The van der Waals surface area contributed by atoms with Crippen LogP contribution in [0.4, 0.5) is 21.6 Å². The minimum Gasteiger partial charge on any atom is -0.378 e. The molecule has 2 aromatic heterocycles. The molecule has 5 rings (SSSR count). The normalized spacial score (nSPS) is 14.1. The van der Waals surface area contributed by atoms with Crippen LogP contribution in [-0.4, -0.2) is 41.3 Å². The first-order valence-electron chi connectivity index (χ1n) is 9.84. The van der Waals surface area contributed by atoms with Crippen molar-refractivity contribution >= 4 is 28.1 Å². The van der Waals surface area contributed by atoms with Crippen LogP contribution in [0.15, 0.2) is 67.0 Å². The number of nitrogens with one attached hydrogen (secondary N) is 1. The fourth-order valence-electron chi connectivity index (χ4n) is 3.53. The Hall–Kier alpha value is -3.58. The van der Waals surface area contributed by atoms with Gasteiger partial charge >= 0.3 is 0 Å². The van der Waals surface area contributed by atoms with Crippen LogP contribution in [-0.2, 0) is 4.74 Å². The van der Waals surface area contributed by atoms with Gasteiger partial charge in [-0.05, 0) is 48.5 Å². The maximum atomic E-state index is 14.4. The highest BCUT2D eigenvalue weighted by Crippen LogP contribution is 2.25. The van der Waals surface area contributed by atoms with Gasteiger partial charge in [0.25, 0.3) is 0 Å². The zero-order valence-electron chi connectivity index (χ0n) is 16.3. The zero-order chi connectivity index (χ0) is 20.3. The van der Waals surface area contributed by atoms with Gasteiger partial charge in [-0.25, -0.2) is 14.4 Å². The molecule has 0 radical (unpaired) electrons. The summed E-state index contributed by atoms with van der Waals surface area (Å²) in [5, 5.41) is 4.03. The molecule has 150 valence electrons. The Morgan fingerprint density at radius 1 is 0.967 bits per heavy atom. The number of hydrogen-bond donors (Lipinski definition) is 1. The number of aromatic nitrogens is 3. The number of fused-ring (bicyclic) bond motifs is 1. The van der Waals surface area contributed by atoms with Crippen LogP contribution in [0.1, 0.15) is 0 Å². The minimum absolute atomic E-state index is 0.139. The summed E-state index contributed by atoms with van der Waals surface area (Å²) in [6.07, 6.45) is 2.94. The van der Waals surface area contributed by atoms with Crippen LogP contribution in [0.25, 0.3) is 22.3 Å². The van der Waals surface area contributed by atoms with E-state index in [2.05, 4.69) is 25.2 Å². The summed E-state index contributed by atoms with van der Waals surface area (Å²) < 4.78 is 19.8. The first kappa shape index (κ1) is 18.4. The molecule has 30 heavy (non-hydrogen) atoms. The number of benzene rings is 2. The zero-order valence-corrected chi connectivity index (χ0v) is 16.3. The van der Waals surface area contributed by atoms with E-state index in [-0.39, 0.29) is 5.82 Å². The lowest BCUT2D eigenvalue weighted by molar-refractivity contribution is 0.122. The Morgan fingerprint density at radius 2 is 1.80 bits per heavy atom. The lowest BCUT2D eigenvalue weighted by Crippen LogP contribution is -2.36. The molecule has 1 N–H and O–H groups in total. The van der Waals surface area contributed by atoms with Gasteiger partial charge in [-0.2, -0.15) is 0 Å². The number of anilines is 3. The fraction of sp³-hybridized carbons (Fsp3) is 0.174. The summed E-state index contributed by atoms with van der Waals surface area (Å²) in [6, 6.07) is 17.5. The molecule has 6 nitrogen and oxygen atoms in total. The molecular formula is C23H20FN5O. The number of ether oxygens (including phenoxy) is 1. The largest absolute Gasteiger partial charge is 0.378 e. The Balaban J connectivity index is 1.39. The predicted octanol–water partition coefficient (Wildman–Crippen LogP) is 4.41. The maximum absolute atomic E-state index is 14.4. The molecule has 0 amide bonds. The molecule has 7 heteroatoms. The topological polar surface area (TPSA) is 63.2 Å². The second-order valence-electron chi connectivity index (χ2n) is 7.07. The van der Waals surface area contributed by atoms with E-state index in [4.69, 9.17) is 4.74 Å². The lowest BCUT2D eigenvalue weighted by atomic mass is 10.1. The quantitative estimate of drug-likeness (QED) is 0.547. The van der Waals surface area contributed by atoms with Crippen LogP contribution in [0, 0.1) is 5.82 Å². The average molecular weight is 401 g/mol. The molecule has 1 aliphatic rings. The van der Waals surface area contributed by atoms with Gasteiger partial charge in [0.05, 0.1) is 24.9 Å². The summed E-state index contributed by atoms with van der Waals surface area (Å²) in [6.45, 7) is 3.23. The summed E-state index contributed by atoms with van der Waals surface area (Å²) in [4.78, 5) is 15.2. The van der Waals surface area contributed by atoms with Crippen LogP contribution in [0.2, 0.25) is 0 Å². The van der Waals surface area contributed by atoms with Gasteiger partial charge < -0.3 is 15.0 Å². The maximum Gasteiger partial charge on any atom is 0.184 e. The Kier molecular flexibility index (Phi) is 4.94. The van der Waals surface area contributed by atoms with Crippen LogP contribution in [0.5, 0.6) is 0 Å². The van der Waals surface area contributed by atoms with Gasteiger partial charge in [0, 0.05) is 41.6 Å². The minimum atomic E-state index is -0.505. The van der Waals surface area contributed by atoms with Crippen molar-refractivity contribution in [3.8, 4) is 11.4 Å². The molecule has 0 aliphatic carbocycles. The van der Waals surface area contributed by atoms with E-state index in [1.54, 1.807) is 6.20 Å². The fourth-order valence-corrected chi connectivity index (χ4v) is 3.53. The van der Waals surface area contributed by atoms with Gasteiger partial charge in [0.2, 0.25) is 0 Å². The molecule has 1 saturated heterocycles. The molecule has 0 atom stereocenters. The van der Waals surface area contributed by atoms with E-state index in [1.165, 1.54) is 6.20 Å². The molecule has 0 unspecified atom stereocenters. The van der Waals surface area contributed by atoms with Crippen molar-refractivity contribution in [2.24, 2.45) is 0 Å². The van der Waals surface area contributed by atoms with Crippen molar-refractivity contribution in [1.82, 2.24) is 15.0 Å². The predicted molar refractivity (Wildman–Crippen MR) is 115 cm³/mol. The molecule has 0 spiro atoms. The first-order chi connectivity index (χ1) is 14.8. The summed E-state index contributed by atoms with van der Waals surface area (Å²) in [7, 11) is 0. The highest BCUT2D eigenvalue weighted by atomic mass is 19.1. The Labute approximate surface area is 173 Å². The number of pyridine rings is 1. The molecule has 3 heterocycles. The van der Waals surface area contributed by atoms with Gasteiger partial charge in [-0.3, -0.25) is 4.98 Å². The summed E-state index contributed by atoms with van der Waals surface area (Å²) in [5.74, 6) is 0.102. The van der Waals surface area contributed by atoms with Crippen molar-refractivity contribution < 1.29 is 9.13 Å². The smallest absolute Gasteiger partial charge is 0.184 e. The third-order valence-corrected chi connectivity index (χ3v) is 5.11. The van der Waals surface area contributed by atoms with Gasteiger partial charge in [0.15, 0.2) is 17.5 Å². The molecule has 1 aliphatic heterocycles. The van der Waals surface area contributed by atoms with E-state index >= 15 is 0 Å². The number of nitrogens with zero attached hydrogens (tertiary/aromatic N) is 4. The molecular weight excluding hydrogens is 381 g/mol. The van der Waals surface area contributed by atoms with Crippen LogP contribution < -0.4 is 10.2 Å². The van der Waals surface area contributed by atoms with E-state index in [0.717, 1.165) is 54.1 Å². The van der Waals surface area contributed by atoms with Crippen molar-refractivity contribution in [3.05, 3.63) is 72.8 Å². The van der Waals surface area contributed by atoms with E-state index in [0.29, 0.717) is 5.82 Å². The van der Waals surface area contributed by atoms with Crippen molar-refractivity contribution in [3.63, 3.8) is 0 Å². The second-order valence-corrected chi connectivity index (χ2v) is 7.07. The number of hydrogen-bond acceptors (Lipinski definition) is 6. The SMILES string of the molecule is Fc1cnc(-c2ccc(N3CCOCC3)cc2)nc1Nc1ccc2ncccc2c1. The molecule has 0 bridgehead atoms. The Bertz CT molecular complexity index is 1180. The number of rotatable bonds is 4. The van der Waals surface area contributed by atoms with Crippen LogP contribution >= 0.6 is 0 Å². The average Bonchev–Trinajstić information content (AvgIpc) is 2.81. The molecule has 4 aromatic rings. The van der Waals surface area contributed by atoms with Crippen molar-refractivity contribution in [2.75, 3.05) is 36.5 Å². The third kappa shape index (κ3) is 3.79. The van der Waals surface area contributed by atoms with Crippen LogP contribution in [0.3, 0.4) is 0 Å². The van der Waals surface area contributed by atoms with Gasteiger partial charge in [0.1, 0.15) is 0 Å². The third-order valence-electron chi connectivity index (χ3n) is 5.11. The van der Waals surface area contributed by atoms with E-state index < -0.39 is 5.82 Å². The number of morpholine rings is 1. The number of halogens is 1. The molecule has 0 saturated carbocycles.